The van der Waals surface area contributed by atoms with Crippen molar-refractivity contribution < 1.29 is 0 Å². The van der Waals surface area contributed by atoms with Gasteiger partial charge in [0.1, 0.15) is 0 Å². The summed E-state index contributed by atoms with van der Waals surface area (Å²) in [6, 6.07) is 10.3. The van der Waals surface area contributed by atoms with Gasteiger partial charge in [-0.25, -0.2) is 0 Å². The van der Waals surface area contributed by atoms with E-state index in [0.717, 1.165) is 0 Å². The van der Waals surface area contributed by atoms with Crippen molar-refractivity contribution in [3.8, 4) is 0 Å². The van der Waals surface area contributed by atoms with Gasteiger partial charge in [-0.3, -0.25) is 4.99 Å². The Morgan fingerprint density at radius 3 is 2.67 bits per heavy atom. The van der Waals surface area contributed by atoms with E-state index < -0.39 is 0 Å². The van der Waals surface area contributed by atoms with Gasteiger partial charge < -0.3 is 0 Å². The Morgan fingerprint density at radius 1 is 1.07 bits per heavy atom. The van der Waals surface area contributed by atoms with Gasteiger partial charge in [0.2, 0.25) is 0 Å². The quantitative estimate of drug-likeness (QED) is 0.649. The maximum absolute atomic E-state index is 4.13. The van der Waals surface area contributed by atoms with E-state index in [4.69, 9.17) is 0 Å². The monoisotopic (exact) mass is 195 g/mol. The zero-order chi connectivity index (χ0) is 10.5. The second kappa shape index (κ2) is 4.56. The first-order chi connectivity index (χ1) is 7.36. The Hall–Kier alpha value is -1.89. The first-order valence-electron chi connectivity index (χ1n) is 5.00. The minimum atomic E-state index is 1.20. The average molecular weight is 195 g/mol. The molecule has 15 heavy (non-hydrogen) atoms. The van der Waals surface area contributed by atoms with E-state index in [1.807, 2.05) is 42.8 Å². The molecule has 1 heterocycles. The van der Waals surface area contributed by atoms with Gasteiger partial charge in [-0.1, -0.05) is 36.4 Å². The summed E-state index contributed by atoms with van der Waals surface area (Å²) >= 11 is 0. The van der Waals surface area contributed by atoms with E-state index in [9.17, 15) is 0 Å². The van der Waals surface area contributed by atoms with E-state index in [0.29, 0.717) is 0 Å². The molecule has 1 nitrogen and oxygen atoms in total. The highest BCUT2D eigenvalue weighted by atomic mass is 14.7. The van der Waals surface area contributed by atoms with Crippen molar-refractivity contribution in [3.05, 3.63) is 65.9 Å². The third kappa shape index (κ3) is 2.53. The predicted molar refractivity (Wildman–Crippen MR) is 65.8 cm³/mol. The van der Waals surface area contributed by atoms with Gasteiger partial charge in [0.15, 0.2) is 0 Å². The first kappa shape index (κ1) is 9.66. The Labute approximate surface area is 90.2 Å². The lowest BCUT2D eigenvalue weighted by molar-refractivity contribution is 1.46. The fourth-order valence-electron chi connectivity index (χ4n) is 1.49. The summed E-state index contributed by atoms with van der Waals surface area (Å²) in [7, 11) is 0. The summed E-state index contributed by atoms with van der Waals surface area (Å²) in [6.45, 7) is 2.08. The maximum Gasteiger partial charge on any atom is 0.0273 e. The molecule has 0 aliphatic carbocycles. The van der Waals surface area contributed by atoms with Crippen molar-refractivity contribution in [2.45, 2.75) is 6.92 Å². The van der Waals surface area contributed by atoms with Gasteiger partial charge in [-0.2, -0.15) is 0 Å². The van der Waals surface area contributed by atoms with Gasteiger partial charge >= 0.3 is 0 Å². The molecule has 0 N–H and O–H groups in total. The molecule has 0 unspecified atom stereocenters. The van der Waals surface area contributed by atoms with Crippen LogP contribution in [0.3, 0.4) is 0 Å². The van der Waals surface area contributed by atoms with Crippen LogP contribution < -0.4 is 0 Å². The van der Waals surface area contributed by atoms with Crippen LogP contribution in [-0.2, 0) is 0 Å². The summed E-state index contributed by atoms with van der Waals surface area (Å²) in [6.07, 6.45) is 9.83. The minimum Gasteiger partial charge on any atom is -0.265 e. The van der Waals surface area contributed by atoms with Crippen LogP contribution in [0.4, 0.5) is 0 Å². The van der Waals surface area contributed by atoms with E-state index >= 15 is 0 Å². The number of rotatable bonds is 1. The summed E-state index contributed by atoms with van der Waals surface area (Å²) < 4.78 is 0. The van der Waals surface area contributed by atoms with Gasteiger partial charge in [-0.15, -0.1) is 0 Å². The zero-order valence-corrected chi connectivity index (χ0v) is 8.72. The van der Waals surface area contributed by atoms with E-state index in [1.165, 1.54) is 16.7 Å². The number of allylic oxidation sites excluding steroid dienone is 5. The Bertz CT molecular complexity index is 447. The van der Waals surface area contributed by atoms with Crippen LogP contribution >= 0.6 is 0 Å². The van der Waals surface area contributed by atoms with Crippen molar-refractivity contribution in [1.82, 2.24) is 0 Å². The lowest BCUT2D eigenvalue weighted by Crippen LogP contribution is -1.84. The van der Waals surface area contributed by atoms with Crippen molar-refractivity contribution in [3.63, 3.8) is 0 Å². The molecule has 1 aromatic carbocycles. The highest BCUT2D eigenvalue weighted by Crippen LogP contribution is 2.18. The second-order valence-corrected chi connectivity index (χ2v) is 3.49. The molecule has 1 heteroatoms. The Kier molecular flexibility index (Phi) is 2.93. The standard InChI is InChI=1S/C14H13N/c1-12-7-9-15-10-8-14(11-12)13-5-3-2-4-6-13/h2-11H,1H3/b9-7-,10-8?,12-7?,12-11+,14-8+,14-11?,15-9?,15-10+. The van der Waals surface area contributed by atoms with Crippen LogP contribution in [0.25, 0.3) is 5.57 Å². The largest absolute Gasteiger partial charge is 0.265 e. The molecule has 0 amide bonds. The summed E-state index contributed by atoms with van der Waals surface area (Å²) in [5.74, 6) is 0. The predicted octanol–water partition coefficient (Wildman–Crippen LogP) is 3.61. The summed E-state index contributed by atoms with van der Waals surface area (Å²) in [5.41, 5.74) is 3.63. The minimum absolute atomic E-state index is 1.20. The van der Waals surface area contributed by atoms with Crippen LogP contribution in [0.15, 0.2) is 65.3 Å². The van der Waals surface area contributed by atoms with Crippen LogP contribution in [0.5, 0.6) is 0 Å². The normalized spacial score (nSPS) is 26.5. The van der Waals surface area contributed by atoms with Gasteiger partial charge in [0.05, 0.1) is 0 Å². The van der Waals surface area contributed by atoms with E-state index in [2.05, 4.69) is 30.1 Å². The molecule has 1 aliphatic heterocycles. The van der Waals surface area contributed by atoms with Gasteiger partial charge in [-0.05, 0) is 35.8 Å². The molecule has 0 saturated carbocycles. The van der Waals surface area contributed by atoms with E-state index in [-0.39, 0.29) is 0 Å². The number of nitrogens with zero attached hydrogens (tertiary/aromatic N) is 1. The molecule has 0 aromatic heterocycles. The van der Waals surface area contributed by atoms with E-state index in [1.54, 1.807) is 0 Å². The fraction of sp³-hybridized carbons (Fsp3) is 0.0714. The van der Waals surface area contributed by atoms with Crippen LogP contribution in [-0.4, -0.2) is 6.21 Å². The molecule has 0 atom stereocenters. The van der Waals surface area contributed by atoms with Crippen LogP contribution in [0.2, 0.25) is 0 Å². The molecule has 2 rings (SSSR count). The number of hydrogen-bond acceptors (Lipinski definition) is 1. The first-order valence-corrected chi connectivity index (χ1v) is 5.00. The molecule has 0 saturated heterocycles. The third-order valence-corrected chi connectivity index (χ3v) is 2.25. The van der Waals surface area contributed by atoms with Crippen molar-refractivity contribution in [2.24, 2.45) is 4.99 Å². The molecule has 74 valence electrons. The molecular formula is C14H13N. The molecule has 0 fully saturated rings. The lowest BCUT2D eigenvalue weighted by atomic mass is 10.0. The highest BCUT2D eigenvalue weighted by molar-refractivity contribution is 5.89. The molecule has 0 bridgehead atoms. The van der Waals surface area contributed by atoms with Crippen molar-refractivity contribution in [2.75, 3.05) is 0 Å². The van der Waals surface area contributed by atoms with Crippen molar-refractivity contribution >= 4 is 11.8 Å². The maximum atomic E-state index is 4.13. The lowest BCUT2D eigenvalue weighted by Gasteiger charge is -2.03. The summed E-state index contributed by atoms with van der Waals surface area (Å²) in [4.78, 5) is 4.13. The molecule has 0 spiro atoms. The third-order valence-electron chi connectivity index (χ3n) is 2.25. The van der Waals surface area contributed by atoms with Crippen LogP contribution in [0, 0.1) is 0 Å². The zero-order valence-electron chi connectivity index (χ0n) is 8.72. The van der Waals surface area contributed by atoms with Gasteiger partial charge in [0.25, 0.3) is 0 Å². The highest BCUT2D eigenvalue weighted by Gasteiger charge is 1.97. The molecular weight excluding hydrogens is 182 g/mol. The Balaban J connectivity index is 2.40. The molecule has 0 radical (unpaired) electrons. The van der Waals surface area contributed by atoms with Crippen LogP contribution in [0.1, 0.15) is 12.5 Å². The Morgan fingerprint density at radius 2 is 1.87 bits per heavy atom. The topological polar surface area (TPSA) is 12.4 Å². The fourth-order valence-corrected chi connectivity index (χ4v) is 1.49. The number of aliphatic imine (C=N–C) groups is 1. The summed E-state index contributed by atoms with van der Waals surface area (Å²) in [5, 5.41) is 0. The smallest absolute Gasteiger partial charge is 0.0273 e. The number of benzene rings is 1. The average Bonchev–Trinajstić information content (AvgIpc) is 2.24. The number of hydrogen-bond donors (Lipinski definition) is 0. The van der Waals surface area contributed by atoms with Crippen molar-refractivity contribution in [1.29, 1.82) is 0 Å². The second-order valence-electron chi connectivity index (χ2n) is 3.49. The SMILES string of the molecule is CC1=C\C(c2ccccc2)=C/C=N/C=C\1. The van der Waals surface area contributed by atoms with Gasteiger partial charge in [0, 0.05) is 12.4 Å². The molecule has 1 aromatic rings. The molecule has 1 aliphatic rings.